The fraction of sp³-hybridized carbons (Fsp3) is 0.214. The van der Waals surface area contributed by atoms with Crippen molar-refractivity contribution in [1.29, 1.82) is 0 Å². The molecule has 0 N–H and O–H groups in total. The molecule has 0 spiro atoms. The second-order valence-electron chi connectivity index (χ2n) is 5.06. The largest absolute Gasteiger partial charge is 0.374 e. The molecule has 0 aromatic carbocycles. The SMILES string of the molecule is Fc1cn(-c2cccc(C3(F)COC3)n2)c2nc(Cl)ncc12. The summed E-state index contributed by atoms with van der Waals surface area (Å²) in [6.07, 6.45) is 2.53. The number of halogens is 3. The topological polar surface area (TPSA) is 52.8 Å². The van der Waals surface area contributed by atoms with Crippen molar-refractivity contribution in [3.63, 3.8) is 0 Å². The van der Waals surface area contributed by atoms with Gasteiger partial charge in [-0.15, -0.1) is 0 Å². The van der Waals surface area contributed by atoms with Crippen molar-refractivity contribution in [2.24, 2.45) is 0 Å². The predicted octanol–water partition coefficient (Wildman–Crippen LogP) is 2.80. The van der Waals surface area contributed by atoms with E-state index in [4.69, 9.17) is 16.3 Å². The molecule has 0 atom stereocenters. The number of hydrogen-bond acceptors (Lipinski definition) is 4. The van der Waals surface area contributed by atoms with Gasteiger partial charge in [-0.05, 0) is 23.7 Å². The summed E-state index contributed by atoms with van der Waals surface area (Å²) in [5, 5.41) is 0.218. The Bertz CT molecular complexity index is 878. The van der Waals surface area contributed by atoms with Gasteiger partial charge in [-0.2, -0.15) is 4.98 Å². The molecule has 1 aliphatic rings. The van der Waals surface area contributed by atoms with Crippen molar-refractivity contribution in [1.82, 2.24) is 19.5 Å². The maximum atomic E-state index is 14.4. The fourth-order valence-corrected chi connectivity index (χ4v) is 2.49. The first kappa shape index (κ1) is 13.5. The molecule has 0 unspecified atom stereocenters. The summed E-state index contributed by atoms with van der Waals surface area (Å²) in [5.74, 6) is -0.147. The molecule has 112 valence electrons. The van der Waals surface area contributed by atoms with E-state index >= 15 is 0 Å². The van der Waals surface area contributed by atoms with Gasteiger partial charge in [-0.1, -0.05) is 6.07 Å². The van der Waals surface area contributed by atoms with Gasteiger partial charge in [0.2, 0.25) is 5.28 Å². The minimum absolute atomic E-state index is 0.00245. The van der Waals surface area contributed by atoms with Crippen molar-refractivity contribution in [3.8, 4) is 5.82 Å². The first-order chi connectivity index (χ1) is 10.6. The van der Waals surface area contributed by atoms with E-state index in [9.17, 15) is 8.78 Å². The van der Waals surface area contributed by atoms with Crippen LogP contribution in [0.15, 0.2) is 30.6 Å². The molecule has 4 rings (SSSR count). The summed E-state index contributed by atoms with van der Waals surface area (Å²) in [6, 6.07) is 4.88. The Morgan fingerprint density at radius 2 is 2.09 bits per heavy atom. The van der Waals surface area contributed by atoms with Gasteiger partial charge in [-0.25, -0.2) is 18.7 Å². The molecule has 0 bridgehead atoms. The molecule has 0 saturated carbocycles. The second kappa shape index (κ2) is 4.69. The van der Waals surface area contributed by atoms with Crippen LogP contribution in [-0.2, 0) is 10.4 Å². The van der Waals surface area contributed by atoms with Crippen LogP contribution < -0.4 is 0 Å². The first-order valence-corrected chi connectivity index (χ1v) is 6.88. The summed E-state index contributed by atoms with van der Waals surface area (Å²) in [7, 11) is 0. The molecule has 5 nitrogen and oxygen atoms in total. The van der Waals surface area contributed by atoms with Crippen molar-refractivity contribution in [3.05, 3.63) is 47.4 Å². The third-order valence-corrected chi connectivity index (χ3v) is 3.75. The van der Waals surface area contributed by atoms with E-state index in [0.717, 1.165) is 0 Å². The number of fused-ring (bicyclic) bond motifs is 1. The smallest absolute Gasteiger partial charge is 0.224 e. The maximum absolute atomic E-state index is 14.4. The first-order valence-electron chi connectivity index (χ1n) is 6.50. The average Bonchev–Trinajstić information content (AvgIpc) is 2.81. The number of pyridine rings is 1. The second-order valence-corrected chi connectivity index (χ2v) is 5.40. The molecule has 1 aliphatic heterocycles. The standard InChI is InChI=1S/C14H9ClF2N4O/c15-13-18-4-8-9(16)5-21(12(8)20-13)11-3-1-2-10(19-11)14(17)6-22-7-14/h1-5H,6-7H2. The van der Waals surface area contributed by atoms with Crippen LogP contribution in [0, 0.1) is 5.82 Å². The Hall–Kier alpha value is -2.12. The molecular weight excluding hydrogens is 314 g/mol. The van der Waals surface area contributed by atoms with Crippen molar-refractivity contribution in [2.45, 2.75) is 5.67 Å². The highest BCUT2D eigenvalue weighted by molar-refractivity contribution is 6.28. The lowest BCUT2D eigenvalue weighted by Crippen LogP contribution is -2.43. The van der Waals surface area contributed by atoms with Gasteiger partial charge in [0.15, 0.2) is 17.1 Å². The summed E-state index contributed by atoms with van der Waals surface area (Å²) in [5.41, 5.74) is -1.07. The number of nitrogens with zero attached hydrogens (tertiary/aromatic N) is 4. The quantitative estimate of drug-likeness (QED) is 0.681. The molecule has 1 fully saturated rings. The van der Waals surface area contributed by atoms with Crippen LogP contribution in [0.3, 0.4) is 0 Å². The third-order valence-electron chi connectivity index (χ3n) is 3.57. The van der Waals surface area contributed by atoms with Gasteiger partial charge in [-0.3, -0.25) is 4.57 Å². The Kier molecular flexibility index (Phi) is 2.88. The van der Waals surface area contributed by atoms with Gasteiger partial charge in [0.1, 0.15) is 5.82 Å². The number of hydrogen-bond donors (Lipinski definition) is 0. The Morgan fingerprint density at radius 1 is 1.27 bits per heavy atom. The summed E-state index contributed by atoms with van der Waals surface area (Å²) < 4.78 is 34.7. The molecule has 3 aromatic heterocycles. The lowest BCUT2D eigenvalue weighted by atomic mass is 9.99. The lowest BCUT2D eigenvalue weighted by Gasteiger charge is -2.33. The molecule has 8 heteroatoms. The number of alkyl halides is 1. The Morgan fingerprint density at radius 3 is 2.82 bits per heavy atom. The van der Waals surface area contributed by atoms with Crippen LogP contribution in [0.4, 0.5) is 8.78 Å². The Labute approximate surface area is 128 Å². The zero-order valence-electron chi connectivity index (χ0n) is 11.1. The molecule has 3 aromatic rings. The summed E-state index contributed by atoms with van der Waals surface area (Å²) in [6.45, 7) is -0.0590. The van der Waals surface area contributed by atoms with E-state index in [0.29, 0.717) is 5.82 Å². The lowest BCUT2D eigenvalue weighted by molar-refractivity contribution is -0.137. The van der Waals surface area contributed by atoms with E-state index in [1.807, 2.05) is 0 Å². The fourth-order valence-electron chi connectivity index (χ4n) is 2.36. The highest BCUT2D eigenvalue weighted by atomic mass is 35.5. The van der Waals surface area contributed by atoms with E-state index in [1.54, 1.807) is 18.2 Å². The van der Waals surface area contributed by atoms with Crippen LogP contribution in [0.2, 0.25) is 5.28 Å². The van der Waals surface area contributed by atoms with Crippen LogP contribution in [0.1, 0.15) is 5.69 Å². The predicted molar refractivity (Wildman–Crippen MR) is 75.2 cm³/mol. The van der Waals surface area contributed by atoms with Crippen molar-refractivity contribution >= 4 is 22.6 Å². The van der Waals surface area contributed by atoms with Gasteiger partial charge in [0, 0.05) is 12.4 Å². The van der Waals surface area contributed by atoms with E-state index < -0.39 is 11.5 Å². The molecular formula is C14H9ClF2N4O. The molecule has 0 amide bonds. The molecule has 4 heterocycles. The van der Waals surface area contributed by atoms with Crippen LogP contribution in [0.5, 0.6) is 0 Å². The molecule has 0 aliphatic carbocycles. The van der Waals surface area contributed by atoms with Crippen molar-refractivity contribution < 1.29 is 13.5 Å². The highest BCUT2D eigenvalue weighted by Crippen LogP contribution is 2.33. The Balaban J connectivity index is 1.89. The number of ether oxygens (including phenoxy) is 1. The summed E-state index contributed by atoms with van der Waals surface area (Å²) in [4.78, 5) is 12.0. The number of rotatable bonds is 2. The van der Waals surface area contributed by atoms with E-state index in [2.05, 4.69) is 15.0 Å². The highest BCUT2D eigenvalue weighted by Gasteiger charge is 2.42. The van der Waals surface area contributed by atoms with Gasteiger partial charge < -0.3 is 4.74 Å². The monoisotopic (exact) mass is 322 g/mol. The normalized spacial score (nSPS) is 16.7. The molecule has 0 radical (unpaired) electrons. The zero-order valence-corrected chi connectivity index (χ0v) is 11.9. The van der Waals surface area contributed by atoms with Gasteiger partial charge in [0.05, 0.1) is 24.3 Å². The molecule has 22 heavy (non-hydrogen) atoms. The molecule has 1 saturated heterocycles. The van der Waals surface area contributed by atoms with E-state index in [1.165, 1.54) is 17.0 Å². The minimum Gasteiger partial charge on any atom is -0.374 e. The van der Waals surface area contributed by atoms with E-state index in [-0.39, 0.29) is 35.2 Å². The van der Waals surface area contributed by atoms with Crippen LogP contribution in [-0.4, -0.2) is 32.7 Å². The van der Waals surface area contributed by atoms with Gasteiger partial charge in [0.25, 0.3) is 0 Å². The van der Waals surface area contributed by atoms with Crippen LogP contribution >= 0.6 is 11.6 Å². The third kappa shape index (κ3) is 1.97. The van der Waals surface area contributed by atoms with Crippen LogP contribution in [0.25, 0.3) is 16.9 Å². The minimum atomic E-state index is -1.59. The average molecular weight is 323 g/mol. The zero-order chi connectivity index (χ0) is 15.3. The van der Waals surface area contributed by atoms with Crippen molar-refractivity contribution in [2.75, 3.05) is 13.2 Å². The number of aromatic nitrogens is 4. The maximum Gasteiger partial charge on any atom is 0.224 e. The summed E-state index contributed by atoms with van der Waals surface area (Å²) >= 11 is 5.77. The van der Waals surface area contributed by atoms with Gasteiger partial charge >= 0.3 is 0 Å².